The minimum Gasteiger partial charge on any atom is -0.208 e. The first-order chi connectivity index (χ1) is 32.7. The lowest BCUT2D eigenvalue weighted by Crippen LogP contribution is -2.02. The molecule has 0 fully saturated rings. The van der Waals surface area contributed by atoms with Gasteiger partial charge in [0, 0.05) is 33.4 Å². The summed E-state index contributed by atoms with van der Waals surface area (Å²) in [5, 5.41) is 9.37. The van der Waals surface area contributed by atoms with Gasteiger partial charge in [-0.25, -0.2) is 29.9 Å². The third-order valence-electron chi connectivity index (χ3n) is 10.3. The molecule has 62 heavy (non-hydrogen) atoms. The van der Waals surface area contributed by atoms with Gasteiger partial charge in [-0.15, -0.1) is 0 Å². The molecule has 0 aliphatic carbocycles. The molecule has 10 aromatic rings. The lowest BCUT2D eigenvalue weighted by Gasteiger charge is -2.16. The summed E-state index contributed by atoms with van der Waals surface area (Å²) in [6.45, 7) is 0. The van der Waals surface area contributed by atoms with E-state index >= 15 is 0 Å². The van der Waals surface area contributed by atoms with E-state index in [-0.39, 0.29) is 23.0 Å². The minimum atomic E-state index is -0.503. The minimum absolute atomic E-state index is 0.0448. The number of nitrogens with zero attached hydrogens (tertiary/aromatic N) is 7. The molecule has 0 bridgehead atoms. The molecule has 7 nitrogen and oxygen atoms in total. The van der Waals surface area contributed by atoms with Gasteiger partial charge in [0.25, 0.3) is 0 Å². The fraction of sp³-hybridized carbons (Fsp3) is 0. The Labute approximate surface area is 366 Å². The first kappa shape index (κ1) is 32.2. The van der Waals surface area contributed by atoms with Crippen molar-refractivity contribution in [2.75, 3.05) is 0 Å². The average Bonchev–Trinajstić information content (AvgIpc) is 3.40. The number of nitriles is 1. The lowest BCUT2D eigenvalue weighted by molar-refractivity contribution is 1.07. The topological polar surface area (TPSA) is 101 Å². The van der Waals surface area contributed by atoms with Gasteiger partial charge in [0.2, 0.25) is 0 Å². The highest BCUT2D eigenvalue weighted by molar-refractivity contribution is 5.92. The summed E-state index contributed by atoms with van der Waals surface area (Å²) in [6.07, 6.45) is 0. The predicted octanol–water partition coefficient (Wildman–Crippen LogP) is 12.9. The molecule has 0 radical (unpaired) electrons. The Bertz CT molecular complexity index is 3500. The van der Waals surface area contributed by atoms with E-state index in [0.717, 1.165) is 50.1 Å². The molecule has 10 rings (SSSR count). The van der Waals surface area contributed by atoms with E-state index in [9.17, 15) is 5.26 Å². The molecule has 0 aliphatic rings. The normalized spacial score (nSPS) is 12.0. The van der Waals surface area contributed by atoms with Crippen LogP contribution in [0.1, 0.15) is 12.4 Å². The van der Waals surface area contributed by atoms with Crippen LogP contribution in [0.25, 0.3) is 102 Å². The average molecular weight is 799 g/mol. The van der Waals surface area contributed by atoms with Crippen molar-refractivity contribution in [2.24, 2.45) is 0 Å². The van der Waals surface area contributed by atoms with E-state index in [1.54, 1.807) is 12.1 Å². The Hall–Kier alpha value is -8.73. The van der Waals surface area contributed by atoms with Gasteiger partial charge >= 0.3 is 0 Å². The highest BCUT2D eigenvalue weighted by Crippen LogP contribution is 2.40. The van der Waals surface area contributed by atoms with Crippen molar-refractivity contribution in [3.05, 3.63) is 218 Å². The lowest BCUT2D eigenvalue weighted by atomic mass is 9.90. The van der Waals surface area contributed by atoms with Gasteiger partial charge in [0.1, 0.15) is 0 Å². The summed E-state index contributed by atoms with van der Waals surface area (Å²) in [5.41, 5.74) is 9.50. The molecule has 0 saturated heterocycles. The van der Waals surface area contributed by atoms with Crippen LogP contribution in [-0.2, 0) is 0 Å². The zero-order chi connectivity index (χ0) is 46.0. The summed E-state index contributed by atoms with van der Waals surface area (Å²) in [4.78, 5) is 29.7. The van der Waals surface area contributed by atoms with Crippen LogP contribution in [0, 0.1) is 11.3 Å². The summed E-state index contributed by atoms with van der Waals surface area (Å²) in [7, 11) is 0. The maximum atomic E-state index is 9.37. The third-order valence-corrected chi connectivity index (χ3v) is 10.3. The second-order valence-electron chi connectivity index (χ2n) is 14.3. The monoisotopic (exact) mass is 798 g/mol. The zero-order valence-electron chi connectivity index (χ0n) is 38.0. The van der Waals surface area contributed by atoms with Gasteiger partial charge in [-0.1, -0.05) is 188 Å². The Morgan fingerprint density at radius 2 is 0.742 bits per heavy atom. The first-order valence-corrected chi connectivity index (χ1v) is 19.8. The van der Waals surface area contributed by atoms with Gasteiger partial charge in [0.05, 0.1) is 18.5 Å². The maximum absolute atomic E-state index is 9.37. The Kier molecular flexibility index (Phi) is 8.75. The Balaban J connectivity index is 1.15. The molecule has 2 aromatic heterocycles. The van der Waals surface area contributed by atoms with Gasteiger partial charge in [-0.3, -0.25) is 0 Å². The van der Waals surface area contributed by atoms with E-state index in [4.69, 9.17) is 36.8 Å². The quantitative estimate of drug-likeness (QED) is 0.143. The van der Waals surface area contributed by atoms with Crippen LogP contribution in [-0.4, -0.2) is 29.9 Å². The van der Waals surface area contributed by atoms with Crippen molar-refractivity contribution < 1.29 is 6.85 Å². The van der Waals surface area contributed by atoms with Crippen LogP contribution in [0.4, 0.5) is 0 Å². The van der Waals surface area contributed by atoms with E-state index in [1.165, 1.54) is 0 Å². The van der Waals surface area contributed by atoms with Crippen molar-refractivity contribution in [3.63, 3.8) is 0 Å². The number of benzene rings is 8. The number of hydrogen-bond acceptors (Lipinski definition) is 7. The van der Waals surface area contributed by atoms with Crippen molar-refractivity contribution in [3.8, 4) is 108 Å². The van der Waals surface area contributed by atoms with Crippen LogP contribution < -0.4 is 0 Å². The summed E-state index contributed by atoms with van der Waals surface area (Å²) in [6, 6.07) is 58.3. The van der Waals surface area contributed by atoms with Crippen LogP contribution >= 0.6 is 0 Å². The van der Waals surface area contributed by atoms with Crippen LogP contribution in [0.2, 0.25) is 0 Å². The second kappa shape index (κ2) is 16.9. The largest absolute Gasteiger partial charge is 0.208 e. The SMILES string of the molecule is [2H]c1c([2H])c([2H])c(-c2nc(-c3ccccc3)nc(-c3ccccc3-c3ccc(-c4nc(-c5ccccc5)nc(-c5cccc(-c6ccc(C#N)cc6)c5)n4)cc3-c3ccccc3)n2)c([2H])c1[2H]. The van der Waals surface area contributed by atoms with E-state index < -0.39 is 30.2 Å². The predicted molar refractivity (Wildman–Crippen MR) is 247 cm³/mol. The molecule has 0 amide bonds. The van der Waals surface area contributed by atoms with E-state index in [0.29, 0.717) is 34.2 Å². The summed E-state index contributed by atoms with van der Waals surface area (Å²) in [5.74, 6) is 1.97. The van der Waals surface area contributed by atoms with Crippen molar-refractivity contribution in [1.82, 2.24) is 29.9 Å². The van der Waals surface area contributed by atoms with Gasteiger partial charge in [-0.2, -0.15) is 5.26 Å². The number of rotatable bonds is 9. The smallest absolute Gasteiger partial charge is 0.164 e. The highest BCUT2D eigenvalue weighted by atomic mass is 15.0. The van der Waals surface area contributed by atoms with Crippen molar-refractivity contribution in [2.45, 2.75) is 0 Å². The fourth-order valence-electron chi connectivity index (χ4n) is 7.30. The number of aromatic nitrogens is 6. The highest BCUT2D eigenvalue weighted by Gasteiger charge is 2.20. The number of hydrogen-bond donors (Lipinski definition) is 0. The first-order valence-electron chi connectivity index (χ1n) is 22.3. The van der Waals surface area contributed by atoms with Crippen LogP contribution in [0.5, 0.6) is 0 Å². The fourth-order valence-corrected chi connectivity index (χ4v) is 7.30. The van der Waals surface area contributed by atoms with E-state index in [2.05, 4.69) is 12.1 Å². The molecular weight excluding hydrogens is 759 g/mol. The van der Waals surface area contributed by atoms with Gasteiger partial charge < -0.3 is 0 Å². The Morgan fingerprint density at radius 3 is 1.34 bits per heavy atom. The summed E-state index contributed by atoms with van der Waals surface area (Å²) < 4.78 is 42.6. The maximum Gasteiger partial charge on any atom is 0.164 e. The molecule has 8 aromatic carbocycles. The molecule has 0 unspecified atom stereocenters. The van der Waals surface area contributed by atoms with Crippen molar-refractivity contribution in [1.29, 1.82) is 5.26 Å². The van der Waals surface area contributed by atoms with Crippen LogP contribution in [0.15, 0.2) is 212 Å². The van der Waals surface area contributed by atoms with Crippen LogP contribution in [0.3, 0.4) is 0 Å². The zero-order valence-corrected chi connectivity index (χ0v) is 33.0. The van der Waals surface area contributed by atoms with E-state index in [1.807, 2.05) is 164 Å². The Morgan fingerprint density at radius 1 is 0.306 bits per heavy atom. The third kappa shape index (κ3) is 7.75. The van der Waals surface area contributed by atoms with Crippen molar-refractivity contribution >= 4 is 0 Å². The summed E-state index contributed by atoms with van der Waals surface area (Å²) >= 11 is 0. The molecule has 0 atom stereocenters. The molecule has 290 valence electrons. The van der Waals surface area contributed by atoms with Gasteiger partial charge in [0.15, 0.2) is 34.9 Å². The molecule has 0 N–H and O–H groups in total. The standard InChI is InChI=1S/C55H35N7/c56-36-37-28-30-38(31-29-37)43-24-15-25-44(34-43)53-58-50(40-18-7-2-8-19-40)59-54(60-53)45-32-33-47(49(35-45)39-16-5-1-6-17-39)46-26-13-14-27-48(46)55-61-51(41-20-9-3-10-21-41)57-52(62-55)42-22-11-4-12-23-42/h1-35H/i3D,9D,10D,20D,21D. The molecule has 7 heteroatoms. The molecule has 2 heterocycles. The molecule has 0 saturated carbocycles. The second-order valence-corrected chi connectivity index (χ2v) is 14.3. The van der Waals surface area contributed by atoms with Gasteiger partial charge in [-0.05, 0) is 57.6 Å². The molecular formula is C55H35N7. The molecule has 0 spiro atoms. The molecule has 0 aliphatic heterocycles.